The molecule has 16 nitrogen and oxygen atoms in total. The number of likely N-dealkylation sites (N-methyl/N-ethyl adjacent to an activating group) is 4. The Kier molecular flexibility index (Phi) is 22.8. The van der Waals surface area contributed by atoms with Crippen LogP contribution >= 0.6 is 0 Å². The third kappa shape index (κ3) is 16.2. The Labute approximate surface area is 438 Å². The third-order valence-corrected chi connectivity index (χ3v) is 13.5. The van der Waals surface area contributed by atoms with E-state index in [4.69, 9.17) is 18.9 Å². The smallest absolute Gasteiger partial charge is 0.329 e. The van der Waals surface area contributed by atoms with E-state index in [0.717, 1.165) is 4.90 Å². The first kappa shape index (κ1) is 60.0. The molecule has 8 unspecified atom stereocenters. The Balaban J connectivity index is 1.95. The minimum absolute atomic E-state index is 0.0397. The molecule has 404 valence electrons. The van der Waals surface area contributed by atoms with Crippen LogP contribution in [-0.2, 0) is 76.6 Å². The van der Waals surface area contributed by atoms with Crippen molar-refractivity contribution < 1.29 is 57.3 Å². The van der Waals surface area contributed by atoms with E-state index in [2.05, 4.69) is 0 Å². The van der Waals surface area contributed by atoms with Crippen molar-refractivity contribution in [3.63, 3.8) is 0 Å². The van der Waals surface area contributed by atoms with E-state index in [-0.39, 0.29) is 38.0 Å². The molecule has 0 saturated carbocycles. The summed E-state index contributed by atoms with van der Waals surface area (Å²) in [5, 5.41) is 0. The number of nitrogens with zero attached hydrogens (tertiary/aromatic N) is 4. The summed E-state index contributed by atoms with van der Waals surface area (Å²) in [6, 6.07) is 21.5. The number of unbranched alkanes of at least 4 members (excludes halogenated alkanes) is 1. The molecule has 1 aliphatic heterocycles. The fourth-order valence-corrected chi connectivity index (χ4v) is 8.82. The third-order valence-electron chi connectivity index (χ3n) is 13.5. The molecule has 0 spiro atoms. The molecule has 3 aromatic carbocycles. The molecule has 1 heterocycles. The maximum Gasteiger partial charge on any atom is 0.329 e. The second-order valence-electron chi connectivity index (χ2n) is 20.9. The zero-order valence-electron chi connectivity index (χ0n) is 45.7. The molecule has 0 bridgehead atoms. The van der Waals surface area contributed by atoms with Crippen molar-refractivity contribution in [3.05, 3.63) is 108 Å². The quantitative estimate of drug-likeness (QED) is 0.121. The number of rotatable bonds is 14. The number of carbonyl (C=O) groups is 8. The number of amides is 4. The van der Waals surface area contributed by atoms with Crippen LogP contribution in [0.1, 0.15) is 105 Å². The molecule has 1 fully saturated rings. The van der Waals surface area contributed by atoms with Gasteiger partial charge in [0.2, 0.25) is 0 Å². The fraction of sp³-hybridized carbons (Fsp3) is 0.552. The number of hydrogen-bond donors (Lipinski definition) is 0. The number of benzene rings is 3. The van der Waals surface area contributed by atoms with Gasteiger partial charge in [-0.05, 0) is 59.6 Å². The molecule has 8 atom stereocenters. The van der Waals surface area contributed by atoms with Crippen LogP contribution in [0.5, 0.6) is 0 Å². The van der Waals surface area contributed by atoms with Gasteiger partial charge in [0.25, 0.3) is 23.6 Å². The molecule has 0 N–H and O–H groups in total. The lowest BCUT2D eigenvalue weighted by Crippen LogP contribution is -2.56. The highest BCUT2D eigenvalue weighted by Gasteiger charge is 2.45. The monoisotopic (exact) mass is 1020 g/mol. The summed E-state index contributed by atoms with van der Waals surface area (Å²) < 4.78 is 24.5. The number of ether oxygens (including phenoxy) is 4. The van der Waals surface area contributed by atoms with Gasteiger partial charge in [-0.3, -0.25) is 19.2 Å². The van der Waals surface area contributed by atoms with Crippen molar-refractivity contribution in [1.82, 2.24) is 19.6 Å². The first-order chi connectivity index (χ1) is 35.0. The predicted molar refractivity (Wildman–Crippen MR) is 280 cm³/mol. The highest BCUT2D eigenvalue weighted by molar-refractivity contribution is 5.95. The normalized spacial score (nSPS) is 24.1. The van der Waals surface area contributed by atoms with Gasteiger partial charge in [0, 0.05) is 47.5 Å². The van der Waals surface area contributed by atoms with Crippen LogP contribution in [0, 0.1) is 23.7 Å². The molecule has 0 aliphatic carbocycles. The van der Waals surface area contributed by atoms with E-state index in [1.165, 1.54) is 42.9 Å². The molecule has 16 heteroatoms. The highest BCUT2D eigenvalue weighted by Crippen LogP contribution is 2.25. The Morgan fingerprint density at radius 3 is 0.986 bits per heavy atom. The maximum atomic E-state index is 14.9. The van der Waals surface area contributed by atoms with Gasteiger partial charge >= 0.3 is 23.9 Å². The largest absolute Gasteiger partial charge is 0.451 e. The molecule has 4 amide bonds. The van der Waals surface area contributed by atoms with Crippen LogP contribution in [-0.4, -0.2) is 144 Å². The van der Waals surface area contributed by atoms with Gasteiger partial charge in [0.1, 0.15) is 24.2 Å². The summed E-state index contributed by atoms with van der Waals surface area (Å²) in [6.45, 7) is 15.7. The van der Waals surface area contributed by atoms with Gasteiger partial charge in [-0.15, -0.1) is 0 Å². The van der Waals surface area contributed by atoms with Crippen molar-refractivity contribution in [2.75, 3.05) is 28.2 Å². The van der Waals surface area contributed by atoms with Crippen LogP contribution in [0.2, 0.25) is 0 Å². The minimum atomic E-state index is -1.47. The van der Waals surface area contributed by atoms with Crippen molar-refractivity contribution in [2.24, 2.45) is 23.7 Å². The molecular weight excluding hydrogens is 945 g/mol. The van der Waals surface area contributed by atoms with Crippen LogP contribution in [0.3, 0.4) is 0 Å². The molecule has 0 radical (unpaired) electrons. The molecule has 4 rings (SSSR count). The Bertz CT molecular complexity index is 2340. The second kappa shape index (κ2) is 28.2. The average molecular weight is 1030 g/mol. The number of hydrogen-bond acceptors (Lipinski definition) is 12. The molecule has 3 aromatic rings. The standard InChI is InChI=1S/C58H80N4O12/c1-14-15-31-47-51(63)59(10)45(34-41-27-21-17-22-28-41)57(69)73-50(39(8)9)54(66)62(13)46(35-42-29-23-18-24-30-42)58(70)74-48(37(4)5)52(64)60(11)43(32-36(2)3)56(68)72-49(38(6)7)53(65)61(12)44(55(67)71-47)33-40-25-19-16-20-26-40/h16-30,36-39,43-50H,14-15,31-35H2,1-13H3. The number of esters is 4. The van der Waals surface area contributed by atoms with Crippen molar-refractivity contribution in [2.45, 2.75) is 156 Å². The fourth-order valence-electron chi connectivity index (χ4n) is 8.82. The van der Waals surface area contributed by atoms with E-state index in [0.29, 0.717) is 29.5 Å². The van der Waals surface area contributed by atoms with Crippen molar-refractivity contribution >= 4 is 47.5 Å². The Morgan fingerprint density at radius 1 is 0.405 bits per heavy atom. The minimum Gasteiger partial charge on any atom is -0.451 e. The Morgan fingerprint density at radius 2 is 0.689 bits per heavy atom. The van der Waals surface area contributed by atoms with E-state index in [9.17, 15) is 38.4 Å². The van der Waals surface area contributed by atoms with Gasteiger partial charge in [0.05, 0.1) is 0 Å². The van der Waals surface area contributed by atoms with Crippen molar-refractivity contribution in [3.8, 4) is 0 Å². The van der Waals surface area contributed by atoms with Gasteiger partial charge < -0.3 is 38.5 Å². The van der Waals surface area contributed by atoms with Gasteiger partial charge in [-0.25, -0.2) is 19.2 Å². The second-order valence-corrected chi connectivity index (χ2v) is 20.9. The average Bonchev–Trinajstić information content (AvgIpc) is 3.37. The lowest BCUT2D eigenvalue weighted by molar-refractivity contribution is -0.179. The predicted octanol–water partition coefficient (Wildman–Crippen LogP) is 6.89. The zero-order chi connectivity index (χ0) is 55.0. The van der Waals surface area contributed by atoms with E-state index >= 15 is 0 Å². The topological polar surface area (TPSA) is 186 Å². The van der Waals surface area contributed by atoms with Crippen molar-refractivity contribution in [1.29, 1.82) is 0 Å². The molecule has 74 heavy (non-hydrogen) atoms. The summed E-state index contributed by atoms with van der Waals surface area (Å²) in [5.41, 5.74) is 2.00. The van der Waals surface area contributed by atoms with E-state index < -0.39 is 114 Å². The summed E-state index contributed by atoms with van der Waals surface area (Å²) in [5.74, 6) is -8.62. The summed E-state index contributed by atoms with van der Waals surface area (Å²) in [4.78, 5) is 123. The summed E-state index contributed by atoms with van der Waals surface area (Å²) in [7, 11) is 5.62. The van der Waals surface area contributed by atoms with Gasteiger partial charge in [0.15, 0.2) is 24.4 Å². The summed E-state index contributed by atoms with van der Waals surface area (Å²) in [6.07, 6.45) is -4.69. The first-order valence-corrected chi connectivity index (χ1v) is 26.0. The Hall–Kier alpha value is -6.58. The lowest BCUT2D eigenvalue weighted by atomic mass is 9.99. The van der Waals surface area contributed by atoms with E-state index in [1.807, 2.05) is 20.8 Å². The highest BCUT2D eigenvalue weighted by atomic mass is 16.6. The lowest BCUT2D eigenvalue weighted by Gasteiger charge is -2.36. The molecule has 1 aliphatic rings. The molecule has 0 aromatic heterocycles. The van der Waals surface area contributed by atoms with Gasteiger partial charge in [-0.2, -0.15) is 0 Å². The van der Waals surface area contributed by atoms with Crippen LogP contribution in [0.15, 0.2) is 91.0 Å². The number of cyclic esters (lactones) is 4. The zero-order valence-corrected chi connectivity index (χ0v) is 45.7. The molecular formula is C58H80N4O12. The van der Waals surface area contributed by atoms with Crippen LogP contribution in [0.4, 0.5) is 0 Å². The first-order valence-electron chi connectivity index (χ1n) is 26.0. The summed E-state index contributed by atoms with van der Waals surface area (Å²) >= 11 is 0. The maximum absolute atomic E-state index is 14.9. The van der Waals surface area contributed by atoms with Gasteiger partial charge in [-0.1, -0.05) is 160 Å². The SMILES string of the molecule is CCCCC1OC(=O)C(Cc2ccccc2)N(C)C(=O)C(C(C)C)OC(=O)C(CC(C)C)N(C)C(=O)C(C(C)C)OC(=O)C(Cc2ccccc2)N(C)C(=O)C(C(C)C)OC(=O)C(Cc2ccccc2)N(C)C1=O. The van der Waals surface area contributed by atoms with Crippen LogP contribution < -0.4 is 0 Å². The van der Waals surface area contributed by atoms with E-state index in [1.54, 1.807) is 133 Å². The van der Waals surface area contributed by atoms with Crippen LogP contribution in [0.25, 0.3) is 0 Å². The molecule has 1 saturated heterocycles. The number of carbonyl (C=O) groups excluding carboxylic acids is 8.